The number of alkyl halides is 3. The summed E-state index contributed by atoms with van der Waals surface area (Å²) in [6, 6.07) is 9.57. The Morgan fingerprint density at radius 2 is 1.96 bits per heavy atom. The molecule has 1 aromatic heterocycles. The molecular weight excluding hydrogens is 367 g/mol. The molecule has 0 saturated carbocycles. The Labute approximate surface area is 149 Å². The number of rotatable bonds is 4. The number of nitrogens with one attached hydrogen (secondary N) is 1. The third kappa shape index (κ3) is 4.11. The highest BCUT2D eigenvalue weighted by atomic mass is 19.4. The van der Waals surface area contributed by atoms with Crippen LogP contribution in [0.5, 0.6) is 0 Å². The van der Waals surface area contributed by atoms with E-state index in [1.165, 1.54) is 36.4 Å². The molecular formula is C17H10F3N3O4. The van der Waals surface area contributed by atoms with Crippen LogP contribution in [0, 0.1) is 10.1 Å². The van der Waals surface area contributed by atoms with Gasteiger partial charge in [-0.1, -0.05) is 12.1 Å². The van der Waals surface area contributed by atoms with Crippen LogP contribution in [0.3, 0.4) is 0 Å². The van der Waals surface area contributed by atoms with Crippen molar-refractivity contribution in [1.82, 2.24) is 5.43 Å². The molecule has 0 unspecified atom stereocenters. The highest BCUT2D eigenvalue weighted by molar-refractivity contribution is 5.97. The van der Waals surface area contributed by atoms with Gasteiger partial charge in [0.05, 0.1) is 16.7 Å². The van der Waals surface area contributed by atoms with E-state index in [0.29, 0.717) is 5.39 Å². The van der Waals surface area contributed by atoms with Crippen molar-refractivity contribution in [3.8, 4) is 0 Å². The van der Waals surface area contributed by atoms with E-state index in [1.807, 2.05) is 0 Å². The first-order valence-electron chi connectivity index (χ1n) is 7.43. The van der Waals surface area contributed by atoms with Gasteiger partial charge in [-0.05, 0) is 29.8 Å². The number of furan rings is 1. The van der Waals surface area contributed by atoms with Crippen LogP contribution in [0.4, 0.5) is 18.9 Å². The van der Waals surface area contributed by atoms with Crippen LogP contribution in [0.1, 0.15) is 21.7 Å². The third-order valence-electron chi connectivity index (χ3n) is 3.53. The molecule has 1 amide bonds. The number of amides is 1. The van der Waals surface area contributed by atoms with Crippen molar-refractivity contribution in [1.29, 1.82) is 0 Å². The van der Waals surface area contributed by atoms with Crippen molar-refractivity contribution in [2.24, 2.45) is 5.10 Å². The average Bonchev–Trinajstić information content (AvgIpc) is 3.04. The van der Waals surface area contributed by atoms with Gasteiger partial charge in [0.2, 0.25) is 0 Å². The number of hydrazone groups is 1. The molecule has 1 N–H and O–H groups in total. The van der Waals surface area contributed by atoms with Gasteiger partial charge in [-0.15, -0.1) is 0 Å². The maximum absolute atomic E-state index is 12.7. The Balaban J connectivity index is 1.73. The lowest BCUT2D eigenvalue weighted by Gasteiger charge is -2.06. The van der Waals surface area contributed by atoms with Gasteiger partial charge in [0.15, 0.2) is 5.76 Å². The summed E-state index contributed by atoms with van der Waals surface area (Å²) >= 11 is 0. The highest BCUT2D eigenvalue weighted by Crippen LogP contribution is 2.29. The van der Waals surface area contributed by atoms with Crippen LogP contribution in [0.25, 0.3) is 11.0 Å². The summed E-state index contributed by atoms with van der Waals surface area (Å²) in [5, 5.41) is 14.7. The predicted octanol–water partition coefficient (Wildman–Crippen LogP) is 4.12. The lowest BCUT2D eigenvalue weighted by Crippen LogP contribution is -2.16. The van der Waals surface area contributed by atoms with Gasteiger partial charge >= 0.3 is 12.1 Å². The summed E-state index contributed by atoms with van der Waals surface area (Å²) < 4.78 is 43.2. The molecule has 0 saturated heterocycles. The van der Waals surface area contributed by atoms with Crippen molar-refractivity contribution in [2.45, 2.75) is 6.18 Å². The Morgan fingerprint density at radius 1 is 1.19 bits per heavy atom. The fourth-order valence-corrected chi connectivity index (χ4v) is 2.27. The van der Waals surface area contributed by atoms with Crippen molar-refractivity contribution in [3.63, 3.8) is 0 Å². The zero-order valence-electron chi connectivity index (χ0n) is 13.4. The number of nitrogens with zero attached hydrogens (tertiary/aromatic N) is 2. The number of hydrogen-bond acceptors (Lipinski definition) is 5. The number of benzene rings is 2. The molecule has 0 fully saturated rings. The SMILES string of the molecule is O=C(N/N=C\c1cccc(C(F)(F)F)c1)c1cc2cc([N+](=O)[O-])ccc2o1. The van der Waals surface area contributed by atoms with E-state index in [2.05, 4.69) is 10.5 Å². The minimum absolute atomic E-state index is 0.144. The molecule has 0 spiro atoms. The highest BCUT2D eigenvalue weighted by Gasteiger charge is 2.30. The van der Waals surface area contributed by atoms with Crippen LogP contribution < -0.4 is 5.43 Å². The van der Waals surface area contributed by atoms with E-state index in [-0.39, 0.29) is 22.6 Å². The van der Waals surface area contributed by atoms with Crippen LogP contribution >= 0.6 is 0 Å². The predicted molar refractivity (Wildman–Crippen MR) is 89.4 cm³/mol. The number of fused-ring (bicyclic) bond motifs is 1. The minimum Gasteiger partial charge on any atom is -0.451 e. The lowest BCUT2D eigenvalue weighted by molar-refractivity contribution is -0.384. The number of non-ortho nitro benzene ring substituents is 1. The first kappa shape index (κ1) is 18.1. The largest absolute Gasteiger partial charge is 0.451 e. The molecule has 0 bridgehead atoms. The molecule has 1 heterocycles. The second-order valence-electron chi connectivity index (χ2n) is 5.41. The topological polar surface area (TPSA) is 97.7 Å². The monoisotopic (exact) mass is 377 g/mol. The van der Waals surface area contributed by atoms with Gasteiger partial charge in [0.1, 0.15) is 5.58 Å². The van der Waals surface area contributed by atoms with Gasteiger partial charge < -0.3 is 4.42 Å². The summed E-state index contributed by atoms with van der Waals surface area (Å²) in [4.78, 5) is 22.2. The maximum atomic E-state index is 12.7. The summed E-state index contributed by atoms with van der Waals surface area (Å²) in [6.07, 6.45) is -3.43. The molecule has 0 radical (unpaired) electrons. The van der Waals surface area contributed by atoms with Gasteiger partial charge in [0.25, 0.3) is 5.69 Å². The van der Waals surface area contributed by atoms with E-state index in [1.54, 1.807) is 0 Å². The normalized spacial score (nSPS) is 11.8. The standard InChI is InChI=1S/C17H10F3N3O4/c18-17(19,20)12-3-1-2-10(6-12)9-21-22-16(24)15-8-11-7-13(23(25)26)4-5-14(11)27-15/h1-9H,(H,22,24)/b21-9-. The molecule has 0 aliphatic rings. The second-order valence-corrected chi connectivity index (χ2v) is 5.41. The number of halogens is 3. The van der Waals surface area contributed by atoms with Crippen molar-refractivity contribution < 1.29 is 27.3 Å². The summed E-state index contributed by atoms with van der Waals surface area (Å²) in [5.74, 6) is -0.899. The summed E-state index contributed by atoms with van der Waals surface area (Å²) in [7, 11) is 0. The number of nitro benzene ring substituents is 1. The Bertz CT molecular complexity index is 1060. The van der Waals surface area contributed by atoms with E-state index in [4.69, 9.17) is 4.42 Å². The second kappa shape index (κ2) is 6.90. The molecule has 3 aromatic rings. The van der Waals surface area contributed by atoms with Crippen molar-refractivity contribution in [3.05, 3.63) is 75.5 Å². The first-order valence-corrected chi connectivity index (χ1v) is 7.43. The first-order chi connectivity index (χ1) is 12.7. The van der Waals surface area contributed by atoms with Gasteiger partial charge in [-0.25, -0.2) is 5.43 Å². The van der Waals surface area contributed by atoms with E-state index >= 15 is 0 Å². The molecule has 0 atom stereocenters. The van der Waals surface area contributed by atoms with E-state index in [9.17, 15) is 28.1 Å². The molecule has 3 rings (SSSR count). The minimum atomic E-state index is -4.48. The van der Waals surface area contributed by atoms with Crippen LogP contribution in [0.2, 0.25) is 0 Å². The molecule has 2 aromatic carbocycles. The van der Waals surface area contributed by atoms with Crippen molar-refractivity contribution in [2.75, 3.05) is 0 Å². The lowest BCUT2D eigenvalue weighted by atomic mass is 10.1. The summed E-state index contributed by atoms with van der Waals surface area (Å²) in [6.45, 7) is 0. The van der Waals surface area contributed by atoms with Crippen LogP contribution in [-0.4, -0.2) is 17.0 Å². The van der Waals surface area contributed by atoms with Crippen LogP contribution in [0.15, 0.2) is 58.0 Å². The summed E-state index contributed by atoms with van der Waals surface area (Å²) in [5.41, 5.74) is 1.55. The number of hydrogen-bond donors (Lipinski definition) is 1. The number of carbonyl (C=O) groups is 1. The Kier molecular flexibility index (Phi) is 4.63. The molecule has 27 heavy (non-hydrogen) atoms. The zero-order valence-corrected chi connectivity index (χ0v) is 13.4. The smallest absolute Gasteiger partial charge is 0.416 e. The Hall–Kier alpha value is -3.69. The van der Waals surface area contributed by atoms with Crippen LogP contribution in [-0.2, 0) is 6.18 Å². The molecule has 0 aliphatic carbocycles. The average molecular weight is 377 g/mol. The zero-order chi connectivity index (χ0) is 19.6. The van der Waals surface area contributed by atoms with E-state index < -0.39 is 22.6 Å². The molecule has 10 heteroatoms. The van der Waals surface area contributed by atoms with Gasteiger partial charge in [-0.3, -0.25) is 14.9 Å². The maximum Gasteiger partial charge on any atom is 0.416 e. The number of carbonyl (C=O) groups excluding carboxylic acids is 1. The van der Waals surface area contributed by atoms with Gasteiger partial charge in [0, 0.05) is 17.5 Å². The third-order valence-corrected chi connectivity index (χ3v) is 3.53. The van der Waals surface area contributed by atoms with E-state index in [0.717, 1.165) is 18.3 Å². The molecule has 0 aliphatic heterocycles. The quantitative estimate of drug-likeness (QED) is 0.420. The number of nitro groups is 1. The fraction of sp³-hybridized carbons (Fsp3) is 0.0588. The van der Waals surface area contributed by atoms with Gasteiger partial charge in [-0.2, -0.15) is 18.3 Å². The molecule has 7 nitrogen and oxygen atoms in total. The van der Waals surface area contributed by atoms with Crippen molar-refractivity contribution >= 4 is 28.8 Å². The fourth-order valence-electron chi connectivity index (χ4n) is 2.27. The Morgan fingerprint density at radius 3 is 2.67 bits per heavy atom. The molecule has 138 valence electrons.